The normalized spacial score (nSPS) is 15.4. The topological polar surface area (TPSA) is 105 Å². The lowest BCUT2D eigenvalue weighted by Crippen LogP contribution is -2.50. The second-order valence-electron chi connectivity index (χ2n) is 9.37. The van der Waals surface area contributed by atoms with Gasteiger partial charge in [0.05, 0.1) is 15.1 Å². The maximum absolute atomic E-state index is 13.0. The number of hydrogen-bond donors (Lipinski definition) is 2. The highest BCUT2D eigenvalue weighted by molar-refractivity contribution is 7.90. The largest absolute Gasteiger partial charge is 0.338 e. The summed E-state index contributed by atoms with van der Waals surface area (Å²) in [7, 11) is -3.27. The van der Waals surface area contributed by atoms with Crippen LogP contribution in [0.25, 0.3) is 21.3 Å². The molecule has 2 aromatic carbocycles. The molecule has 1 atom stereocenters. The van der Waals surface area contributed by atoms with Crippen molar-refractivity contribution in [2.75, 3.05) is 6.26 Å². The molecule has 1 heterocycles. The van der Waals surface area contributed by atoms with Gasteiger partial charge in [-0.15, -0.1) is 17.8 Å². The number of sulfone groups is 1. The number of terminal acetylenes is 1. The third kappa shape index (κ3) is 5.72. The van der Waals surface area contributed by atoms with Gasteiger partial charge in [-0.2, -0.15) is 0 Å². The van der Waals surface area contributed by atoms with Crippen LogP contribution in [0.4, 0.5) is 0 Å². The minimum Gasteiger partial charge on any atom is -0.338 e. The molecule has 0 spiro atoms. The molecule has 1 fully saturated rings. The number of rotatable bonds is 8. The van der Waals surface area contributed by atoms with Crippen molar-refractivity contribution in [2.45, 2.75) is 49.6 Å². The fourth-order valence-corrected chi connectivity index (χ4v) is 5.31. The van der Waals surface area contributed by atoms with E-state index in [9.17, 15) is 18.0 Å². The van der Waals surface area contributed by atoms with Crippen LogP contribution in [0.2, 0.25) is 0 Å². The van der Waals surface area contributed by atoms with E-state index in [1.807, 2.05) is 32.0 Å². The van der Waals surface area contributed by atoms with Crippen LogP contribution >= 0.6 is 11.3 Å². The first kappa shape index (κ1) is 24.9. The van der Waals surface area contributed by atoms with Gasteiger partial charge in [0.1, 0.15) is 11.6 Å². The molecular weight excluding hydrogens is 482 g/mol. The van der Waals surface area contributed by atoms with Crippen molar-refractivity contribution in [3.63, 3.8) is 0 Å². The quantitative estimate of drug-likeness (QED) is 0.450. The highest BCUT2D eigenvalue weighted by Gasteiger charge is 2.43. The Hall–Kier alpha value is -3.22. The zero-order valence-corrected chi connectivity index (χ0v) is 21.4. The standard InChI is InChI=1S/C26H27N3O4S2/c1-5-26(12-13-26)29-23(30)21(14-16(2)3)27-24(31)25-28-20-11-8-18(15-22(20)34-25)17-6-9-19(10-7-17)35(4,32)33/h1,6-11,15-16,21H,12-14H2,2-4H3,(H,27,31)(H,29,30)/t21-/m0/s1. The maximum atomic E-state index is 13.0. The van der Waals surface area contributed by atoms with Crippen LogP contribution in [-0.2, 0) is 14.6 Å². The molecule has 0 unspecified atom stereocenters. The highest BCUT2D eigenvalue weighted by Crippen LogP contribution is 2.34. The molecule has 1 saturated carbocycles. The van der Waals surface area contributed by atoms with Gasteiger partial charge in [-0.1, -0.05) is 38.0 Å². The zero-order valence-electron chi connectivity index (χ0n) is 19.8. The lowest BCUT2D eigenvalue weighted by atomic mass is 10.0. The number of carbonyl (C=O) groups excluding carboxylic acids is 2. The van der Waals surface area contributed by atoms with Gasteiger partial charge in [-0.3, -0.25) is 9.59 Å². The molecule has 0 saturated heterocycles. The summed E-state index contributed by atoms with van der Waals surface area (Å²) in [6.07, 6.45) is 8.69. The molecule has 4 rings (SSSR count). The summed E-state index contributed by atoms with van der Waals surface area (Å²) >= 11 is 1.24. The molecule has 0 radical (unpaired) electrons. The molecule has 182 valence electrons. The molecule has 2 amide bonds. The third-order valence-corrected chi connectivity index (χ3v) is 8.06. The zero-order chi connectivity index (χ0) is 25.4. The van der Waals surface area contributed by atoms with Crippen LogP contribution in [0, 0.1) is 18.3 Å². The van der Waals surface area contributed by atoms with Gasteiger partial charge in [0.25, 0.3) is 5.91 Å². The van der Waals surface area contributed by atoms with E-state index in [0.29, 0.717) is 11.9 Å². The molecule has 1 aliphatic rings. The Morgan fingerprint density at radius 2 is 1.80 bits per heavy atom. The number of hydrogen-bond acceptors (Lipinski definition) is 6. The van der Waals surface area contributed by atoms with Crippen LogP contribution in [0.15, 0.2) is 47.4 Å². The Kier molecular flexibility index (Phi) is 6.71. The highest BCUT2D eigenvalue weighted by atomic mass is 32.2. The van der Waals surface area contributed by atoms with Crippen molar-refractivity contribution >= 4 is 43.2 Å². The summed E-state index contributed by atoms with van der Waals surface area (Å²) in [5.41, 5.74) is 1.83. The van der Waals surface area contributed by atoms with E-state index in [4.69, 9.17) is 6.42 Å². The molecule has 0 aliphatic heterocycles. The van der Waals surface area contributed by atoms with Gasteiger partial charge in [0, 0.05) is 6.26 Å². The summed E-state index contributed by atoms with van der Waals surface area (Å²) in [6.45, 7) is 3.98. The van der Waals surface area contributed by atoms with Gasteiger partial charge in [0.15, 0.2) is 14.8 Å². The summed E-state index contributed by atoms with van der Waals surface area (Å²) < 4.78 is 24.2. The van der Waals surface area contributed by atoms with Gasteiger partial charge in [-0.25, -0.2) is 13.4 Å². The maximum Gasteiger partial charge on any atom is 0.280 e. The minimum atomic E-state index is -3.27. The molecule has 3 aromatic rings. The molecule has 2 N–H and O–H groups in total. The molecule has 1 aliphatic carbocycles. The number of aromatic nitrogens is 1. The van der Waals surface area contributed by atoms with E-state index in [1.165, 1.54) is 17.6 Å². The summed E-state index contributed by atoms with van der Waals surface area (Å²) in [5, 5.41) is 6.01. The summed E-state index contributed by atoms with van der Waals surface area (Å²) in [6, 6.07) is 11.6. The van der Waals surface area contributed by atoms with E-state index in [2.05, 4.69) is 21.5 Å². The van der Waals surface area contributed by atoms with Crippen molar-refractivity contribution in [2.24, 2.45) is 5.92 Å². The monoisotopic (exact) mass is 509 g/mol. The lowest BCUT2D eigenvalue weighted by molar-refractivity contribution is -0.123. The number of nitrogens with zero attached hydrogens (tertiary/aromatic N) is 1. The predicted octanol–water partition coefficient (Wildman–Crippen LogP) is 3.79. The third-order valence-electron chi connectivity index (χ3n) is 5.92. The fraction of sp³-hybridized carbons (Fsp3) is 0.346. The van der Waals surface area contributed by atoms with E-state index in [-0.39, 0.29) is 21.7 Å². The number of fused-ring (bicyclic) bond motifs is 1. The molecule has 35 heavy (non-hydrogen) atoms. The second kappa shape index (κ2) is 9.44. The number of carbonyl (C=O) groups is 2. The molecule has 7 nitrogen and oxygen atoms in total. The SMILES string of the molecule is C#CC1(NC(=O)[C@H](CC(C)C)NC(=O)c2nc3ccc(-c4ccc(S(C)(=O)=O)cc4)cc3s2)CC1. The first-order chi connectivity index (χ1) is 16.5. The van der Waals surface area contributed by atoms with Gasteiger partial charge < -0.3 is 10.6 Å². The van der Waals surface area contributed by atoms with Gasteiger partial charge >= 0.3 is 0 Å². The number of benzene rings is 2. The lowest BCUT2D eigenvalue weighted by Gasteiger charge is -2.21. The van der Waals surface area contributed by atoms with Crippen LogP contribution in [0.1, 0.15) is 42.9 Å². The first-order valence-corrected chi connectivity index (χ1v) is 14.0. The Balaban J connectivity index is 1.53. The van der Waals surface area contributed by atoms with Gasteiger partial charge in [0.2, 0.25) is 5.91 Å². The summed E-state index contributed by atoms with van der Waals surface area (Å²) in [5.74, 6) is 2.15. The minimum absolute atomic E-state index is 0.194. The van der Waals surface area contributed by atoms with E-state index in [0.717, 1.165) is 28.7 Å². The molecular formula is C26H27N3O4S2. The van der Waals surface area contributed by atoms with Crippen molar-refractivity contribution < 1.29 is 18.0 Å². The summed E-state index contributed by atoms with van der Waals surface area (Å²) in [4.78, 5) is 30.6. The van der Waals surface area contributed by atoms with Crippen molar-refractivity contribution in [1.29, 1.82) is 0 Å². The number of thiazole rings is 1. The molecule has 0 bridgehead atoms. The molecule has 9 heteroatoms. The van der Waals surface area contributed by atoms with Crippen molar-refractivity contribution in [1.82, 2.24) is 15.6 Å². The van der Waals surface area contributed by atoms with E-state index < -0.39 is 27.3 Å². The Morgan fingerprint density at radius 1 is 1.14 bits per heavy atom. The Morgan fingerprint density at radius 3 is 2.37 bits per heavy atom. The average molecular weight is 510 g/mol. The van der Waals surface area contributed by atoms with Crippen LogP contribution in [-0.4, -0.2) is 43.1 Å². The number of amides is 2. The Bertz CT molecular complexity index is 1430. The average Bonchev–Trinajstić information content (AvgIpc) is 3.44. The smallest absolute Gasteiger partial charge is 0.280 e. The van der Waals surface area contributed by atoms with Crippen molar-refractivity contribution in [3.8, 4) is 23.5 Å². The van der Waals surface area contributed by atoms with Gasteiger partial charge in [-0.05, 0) is 60.6 Å². The van der Waals surface area contributed by atoms with Crippen LogP contribution in [0.5, 0.6) is 0 Å². The second-order valence-corrected chi connectivity index (χ2v) is 12.4. The first-order valence-electron chi connectivity index (χ1n) is 11.3. The fourth-order valence-electron chi connectivity index (χ4n) is 3.77. The van der Waals surface area contributed by atoms with Crippen molar-refractivity contribution in [3.05, 3.63) is 47.5 Å². The van der Waals surface area contributed by atoms with Crippen LogP contribution < -0.4 is 10.6 Å². The Labute approximate surface area is 209 Å². The number of nitrogens with one attached hydrogen (secondary N) is 2. The van der Waals surface area contributed by atoms with E-state index >= 15 is 0 Å². The van der Waals surface area contributed by atoms with Crippen LogP contribution in [0.3, 0.4) is 0 Å². The predicted molar refractivity (Wildman–Crippen MR) is 138 cm³/mol. The van der Waals surface area contributed by atoms with E-state index in [1.54, 1.807) is 24.3 Å². The molecule has 1 aromatic heterocycles.